The van der Waals surface area contributed by atoms with Gasteiger partial charge in [-0.25, -0.2) is 0 Å². The van der Waals surface area contributed by atoms with Crippen LogP contribution in [0.15, 0.2) is 48.5 Å². The standard InChI is InChI=1S/C46H52O4/c1-49-45-33-19-29-11-7-3-5-10-28-18-32(44(48)39(21-28)35-13-15-37(35)41(45)23-29)26-34-20-30-12-8-4-6-9-27-17-31(25-33)43(47)40(22-27)36-14-16-38(36)42(24-30)46(34)50-2/h17-24,35-38,47-48H,3-16,25-26H2,1-2H3/t35-,36-,37+,38+/m1/s1. The van der Waals surface area contributed by atoms with Crippen molar-refractivity contribution in [2.75, 3.05) is 14.2 Å². The molecule has 0 heterocycles. The molecular formula is C46H52O4. The zero-order valence-electron chi connectivity index (χ0n) is 30.0. The molecule has 0 aromatic heterocycles. The number of aromatic hydroxyl groups is 2. The molecule has 12 bridgehead atoms. The van der Waals surface area contributed by atoms with Gasteiger partial charge in [-0.2, -0.15) is 0 Å². The second-order valence-corrected chi connectivity index (χ2v) is 16.2. The van der Waals surface area contributed by atoms with Crippen molar-refractivity contribution in [3.63, 3.8) is 0 Å². The lowest BCUT2D eigenvalue weighted by molar-refractivity contribution is 0.316. The molecule has 4 aromatic carbocycles. The fraction of sp³-hybridized carbons (Fsp3) is 0.478. The molecule has 0 radical (unpaired) electrons. The quantitative estimate of drug-likeness (QED) is 0.223. The van der Waals surface area contributed by atoms with E-state index in [4.69, 9.17) is 9.47 Å². The maximum Gasteiger partial charge on any atom is 0.125 e. The molecule has 4 nitrogen and oxygen atoms in total. The fourth-order valence-electron chi connectivity index (χ4n) is 10.4. The van der Waals surface area contributed by atoms with Gasteiger partial charge < -0.3 is 19.7 Å². The molecule has 4 atom stereocenters. The van der Waals surface area contributed by atoms with Gasteiger partial charge in [0.1, 0.15) is 23.0 Å². The van der Waals surface area contributed by atoms with Crippen molar-refractivity contribution >= 4 is 0 Å². The summed E-state index contributed by atoms with van der Waals surface area (Å²) in [5.74, 6) is 3.93. The second kappa shape index (κ2) is 13.0. The van der Waals surface area contributed by atoms with Crippen LogP contribution in [0.4, 0.5) is 0 Å². The maximum atomic E-state index is 12.2. The number of aryl methyl sites for hydroxylation is 4. The first kappa shape index (κ1) is 32.0. The van der Waals surface area contributed by atoms with Gasteiger partial charge in [-0.3, -0.25) is 0 Å². The van der Waals surface area contributed by atoms with Gasteiger partial charge in [0.2, 0.25) is 0 Å². The minimum absolute atomic E-state index is 0.238. The van der Waals surface area contributed by atoms with Crippen LogP contribution in [0.25, 0.3) is 0 Å². The lowest BCUT2D eigenvalue weighted by atomic mass is 9.64. The van der Waals surface area contributed by atoms with Gasteiger partial charge in [0.15, 0.2) is 0 Å². The van der Waals surface area contributed by atoms with E-state index >= 15 is 0 Å². The largest absolute Gasteiger partial charge is 0.507 e. The van der Waals surface area contributed by atoms with Crippen LogP contribution in [0.2, 0.25) is 0 Å². The molecule has 4 heteroatoms. The maximum absolute atomic E-state index is 12.2. The highest BCUT2D eigenvalue weighted by atomic mass is 16.5. The summed E-state index contributed by atoms with van der Waals surface area (Å²) in [5, 5.41) is 24.5. The van der Waals surface area contributed by atoms with Gasteiger partial charge in [-0.15, -0.1) is 0 Å². The topological polar surface area (TPSA) is 58.9 Å². The summed E-state index contributed by atoms with van der Waals surface area (Å²) in [7, 11) is 3.65. The van der Waals surface area contributed by atoms with Crippen molar-refractivity contribution in [2.24, 2.45) is 0 Å². The van der Waals surface area contributed by atoms with Crippen LogP contribution in [-0.2, 0) is 38.5 Å². The Morgan fingerprint density at radius 2 is 0.740 bits per heavy atom. The molecule has 0 amide bonds. The first-order valence-corrected chi connectivity index (χ1v) is 19.6. The van der Waals surface area contributed by atoms with E-state index in [1.165, 1.54) is 57.3 Å². The first-order chi connectivity index (χ1) is 24.5. The Morgan fingerprint density at radius 1 is 0.420 bits per heavy atom. The highest BCUT2D eigenvalue weighted by molar-refractivity contribution is 5.59. The number of ether oxygens (including phenoxy) is 2. The molecule has 4 aromatic rings. The third-order valence-electron chi connectivity index (χ3n) is 13.2. The number of hydrogen-bond acceptors (Lipinski definition) is 4. The Balaban J connectivity index is 1.33. The van der Waals surface area contributed by atoms with Gasteiger partial charge in [0.05, 0.1) is 14.2 Å². The first-order valence-electron chi connectivity index (χ1n) is 19.6. The Bertz CT molecular complexity index is 1810. The van der Waals surface area contributed by atoms with Crippen molar-refractivity contribution in [1.82, 2.24) is 0 Å². The summed E-state index contributed by atoms with van der Waals surface area (Å²) in [6.07, 6.45) is 16.7. The van der Waals surface area contributed by atoms with E-state index in [2.05, 4.69) is 48.5 Å². The highest BCUT2D eigenvalue weighted by Gasteiger charge is 2.40. The summed E-state index contributed by atoms with van der Waals surface area (Å²) < 4.78 is 12.7. The summed E-state index contributed by atoms with van der Waals surface area (Å²) >= 11 is 0. The summed E-state index contributed by atoms with van der Waals surface area (Å²) in [6.45, 7) is 0. The molecule has 0 saturated heterocycles. The van der Waals surface area contributed by atoms with E-state index in [1.54, 1.807) is 0 Å². The molecule has 2 fully saturated rings. The van der Waals surface area contributed by atoms with Crippen molar-refractivity contribution in [1.29, 1.82) is 0 Å². The number of phenols is 2. The normalized spacial score (nSPS) is 23.9. The lowest BCUT2D eigenvalue weighted by Crippen LogP contribution is -2.24. The predicted molar refractivity (Wildman–Crippen MR) is 200 cm³/mol. The third kappa shape index (κ3) is 5.49. The van der Waals surface area contributed by atoms with E-state index < -0.39 is 0 Å². The summed E-state index contributed by atoms with van der Waals surface area (Å²) in [5.41, 5.74) is 14.7. The molecule has 9 rings (SSSR count). The highest BCUT2D eigenvalue weighted by Crippen LogP contribution is 2.57. The van der Waals surface area contributed by atoms with Crippen LogP contribution < -0.4 is 9.47 Å². The Hall–Kier alpha value is -3.92. The smallest absolute Gasteiger partial charge is 0.125 e. The molecular weight excluding hydrogens is 617 g/mol. The summed E-state index contributed by atoms with van der Waals surface area (Å²) in [6, 6.07) is 18.9. The molecule has 0 aliphatic heterocycles. The van der Waals surface area contributed by atoms with E-state index in [1.807, 2.05) is 14.2 Å². The minimum Gasteiger partial charge on any atom is -0.507 e. The number of phenolic OH excluding ortho intramolecular Hbond substituents is 2. The van der Waals surface area contributed by atoms with E-state index in [-0.39, 0.29) is 23.7 Å². The minimum atomic E-state index is 0.238. The van der Waals surface area contributed by atoms with Gasteiger partial charge >= 0.3 is 0 Å². The molecule has 2 saturated carbocycles. The van der Waals surface area contributed by atoms with Gasteiger partial charge in [0, 0.05) is 12.8 Å². The Kier molecular flexibility index (Phi) is 8.33. The van der Waals surface area contributed by atoms with Crippen LogP contribution in [-0.4, -0.2) is 24.4 Å². The number of methoxy groups -OCH3 is 2. The molecule has 50 heavy (non-hydrogen) atoms. The van der Waals surface area contributed by atoms with E-state index in [0.29, 0.717) is 24.3 Å². The van der Waals surface area contributed by atoms with Crippen LogP contribution in [0.5, 0.6) is 23.0 Å². The summed E-state index contributed by atoms with van der Waals surface area (Å²) in [4.78, 5) is 0. The SMILES string of the molecule is COc1c2cc3cc1[C@H]1CC[C@H]1c1cc(cc(c1O)Cc1cc4cc(c1OC)[C@H]1CC[C@H]1c1cc(cc(c1O)C2)CCCCC4)CCCCC3. The predicted octanol–water partition coefficient (Wildman–Crippen LogP) is 10.5. The Labute approximate surface area is 297 Å². The average molecular weight is 669 g/mol. The lowest BCUT2D eigenvalue weighted by Gasteiger charge is -2.40. The van der Waals surface area contributed by atoms with Crippen LogP contribution in [0.3, 0.4) is 0 Å². The number of benzene rings is 4. The zero-order chi connectivity index (χ0) is 33.9. The van der Waals surface area contributed by atoms with Crippen LogP contribution in [0.1, 0.15) is 155 Å². The van der Waals surface area contributed by atoms with Crippen molar-refractivity contribution in [3.05, 3.63) is 115 Å². The molecule has 5 aliphatic rings. The second-order valence-electron chi connectivity index (χ2n) is 16.2. The molecule has 5 aliphatic carbocycles. The number of rotatable bonds is 2. The zero-order valence-corrected chi connectivity index (χ0v) is 30.0. The monoisotopic (exact) mass is 668 g/mol. The van der Waals surface area contributed by atoms with Crippen molar-refractivity contribution in [3.8, 4) is 23.0 Å². The van der Waals surface area contributed by atoms with Crippen LogP contribution >= 0.6 is 0 Å². The fourth-order valence-corrected chi connectivity index (χ4v) is 10.4. The van der Waals surface area contributed by atoms with Crippen molar-refractivity contribution in [2.45, 2.75) is 126 Å². The van der Waals surface area contributed by atoms with Gasteiger partial charge in [-0.05, 0) is 167 Å². The third-order valence-corrected chi connectivity index (χ3v) is 13.2. The number of hydrogen-bond donors (Lipinski definition) is 2. The molecule has 2 N–H and O–H groups in total. The molecule has 0 spiro atoms. The molecule has 260 valence electrons. The van der Waals surface area contributed by atoms with Gasteiger partial charge in [0.25, 0.3) is 0 Å². The van der Waals surface area contributed by atoms with Crippen LogP contribution in [0, 0.1) is 0 Å². The van der Waals surface area contributed by atoms with Gasteiger partial charge in [-0.1, -0.05) is 61.4 Å². The van der Waals surface area contributed by atoms with Crippen molar-refractivity contribution < 1.29 is 19.7 Å². The average Bonchev–Trinajstić information content (AvgIpc) is 3.07. The Morgan fingerprint density at radius 3 is 1.08 bits per heavy atom. The number of fused-ring (bicyclic) bond motifs is 8. The van der Waals surface area contributed by atoms with E-state index in [9.17, 15) is 10.2 Å². The van der Waals surface area contributed by atoms with E-state index in [0.717, 1.165) is 111 Å². The molecule has 0 unspecified atom stereocenters.